The molecule has 3 aromatic rings. The molecule has 4 nitrogen and oxygen atoms in total. The van der Waals surface area contributed by atoms with Crippen LogP contribution in [0.1, 0.15) is 13.3 Å². The topological polar surface area (TPSA) is 34.1 Å². The van der Waals surface area contributed by atoms with Gasteiger partial charge in [0.25, 0.3) is 0 Å². The molecular formula is C23H28N3O+. The van der Waals surface area contributed by atoms with E-state index in [0.717, 1.165) is 60.6 Å². The average molecular weight is 362 g/mol. The number of rotatable bonds is 5. The fourth-order valence-corrected chi connectivity index (χ4v) is 4.24. The molecule has 0 saturated carbocycles. The van der Waals surface area contributed by atoms with Crippen molar-refractivity contribution >= 4 is 16.6 Å². The predicted molar refractivity (Wildman–Crippen MR) is 113 cm³/mol. The number of ether oxygens (including phenoxy) is 1. The van der Waals surface area contributed by atoms with Crippen molar-refractivity contribution in [1.82, 2.24) is 14.8 Å². The summed E-state index contributed by atoms with van der Waals surface area (Å²) in [5.41, 5.74) is 2.17. The number of benzene rings is 2. The van der Waals surface area contributed by atoms with Crippen LogP contribution in [0.4, 0.5) is 5.82 Å². The van der Waals surface area contributed by atoms with Gasteiger partial charge in [-0.3, -0.25) is 4.48 Å². The molecule has 0 spiro atoms. The van der Waals surface area contributed by atoms with Gasteiger partial charge in [-0.1, -0.05) is 25.1 Å². The molecule has 2 aromatic carbocycles. The van der Waals surface area contributed by atoms with E-state index in [1.165, 1.54) is 16.6 Å². The maximum Gasteiger partial charge on any atom is 0.236 e. The zero-order chi connectivity index (χ0) is 18.7. The van der Waals surface area contributed by atoms with E-state index in [0.29, 0.717) is 0 Å². The summed E-state index contributed by atoms with van der Waals surface area (Å²) in [4.78, 5) is 5.24. The first-order valence-electron chi connectivity index (χ1n) is 9.87. The van der Waals surface area contributed by atoms with Gasteiger partial charge in [0, 0.05) is 18.7 Å². The summed E-state index contributed by atoms with van der Waals surface area (Å²) in [6.07, 6.45) is 1.16. The smallest absolute Gasteiger partial charge is 0.236 e. The lowest BCUT2D eigenvalue weighted by molar-refractivity contribution is 0.237. The minimum atomic E-state index is 0.872. The Morgan fingerprint density at radius 3 is 2.48 bits per heavy atom. The van der Waals surface area contributed by atoms with Crippen molar-refractivity contribution < 1.29 is 4.74 Å². The number of aromatic nitrogens is 1. The molecule has 4 heteroatoms. The monoisotopic (exact) mass is 362 g/mol. The third-order valence-corrected chi connectivity index (χ3v) is 5.64. The Morgan fingerprint density at radius 1 is 1.04 bits per heavy atom. The van der Waals surface area contributed by atoms with E-state index in [2.05, 4.69) is 54.7 Å². The summed E-state index contributed by atoms with van der Waals surface area (Å²) in [6, 6.07) is 19.1. The number of methoxy groups -OCH3 is 1. The number of fused-ring (bicyclic) bond motifs is 1. The molecule has 2 heterocycles. The maximum atomic E-state index is 5.31. The van der Waals surface area contributed by atoms with Crippen molar-refractivity contribution in [2.24, 2.45) is 0 Å². The van der Waals surface area contributed by atoms with Gasteiger partial charge in [0.15, 0.2) is 0 Å². The van der Waals surface area contributed by atoms with E-state index in [4.69, 9.17) is 9.72 Å². The van der Waals surface area contributed by atoms with Crippen LogP contribution in [0.15, 0.2) is 54.6 Å². The Kier molecular flexibility index (Phi) is 5.10. The highest BCUT2D eigenvalue weighted by atomic mass is 16.5. The summed E-state index contributed by atoms with van der Waals surface area (Å²) in [6.45, 7) is 7.68. The summed E-state index contributed by atoms with van der Waals surface area (Å²) < 4.78 is 6.28. The highest BCUT2D eigenvalue weighted by molar-refractivity contribution is 5.94. The van der Waals surface area contributed by atoms with Crippen LogP contribution < -0.4 is 14.5 Å². The molecule has 27 heavy (non-hydrogen) atoms. The van der Waals surface area contributed by atoms with E-state index in [1.807, 2.05) is 12.1 Å². The number of nitrogens with one attached hydrogen (secondary N) is 1. The van der Waals surface area contributed by atoms with Crippen molar-refractivity contribution in [2.75, 3.05) is 39.8 Å². The van der Waals surface area contributed by atoms with Crippen molar-refractivity contribution in [3.05, 3.63) is 54.6 Å². The fourth-order valence-electron chi connectivity index (χ4n) is 4.24. The molecule has 0 radical (unpaired) electrons. The van der Waals surface area contributed by atoms with E-state index >= 15 is 0 Å². The fraction of sp³-hybridized carbons (Fsp3) is 0.348. The van der Waals surface area contributed by atoms with Gasteiger partial charge in [-0.15, -0.1) is 0 Å². The Balaban J connectivity index is 1.90. The first kappa shape index (κ1) is 18.0. The van der Waals surface area contributed by atoms with Gasteiger partial charge < -0.3 is 10.1 Å². The molecule has 0 aliphatic carbocycles. The lowest BCUT2D eigenvalue weighted by Gasteiger charge is -2.40. The Hall–Kier alpha value is -2.43. The predicted octanol–water partition coefficient (Wildman–Crippen LogP) is 4.23. The number of piperazine rings is 1. The summed E-state index contributed by atoms with van der Waals surface area (Å²) in [5, 5.41) is 6.06. The molecule has 0 bridgehead atoms. The molecule has 4 rings (SSSR count). The minimum Gasteiger partial charge on any atom is -0.497 e. The molecule has 0 unspecified atom stereocenters. The van der Waals surface area contributed by atoms with Crippen LogP contribution >= 0.6 is 0 Å². The molecule has 140 valence electrons. The van der Waals surface area contributed by atoms with Gasteiger partial charge in [0.2, 0.25) is 5.82 Å². The van der Waals surface area contributed by atoms with Crippen LogP contribution in [0, 0.1) is 0 Å². The van der Waals surface area contributed by atoms with Crippen LogP contribution in [0.2, 0.25) is 0 Å². The Morgan fingerprint density at radius 2 is 1.78 bits per heavy atom. The second kappa shape index (κ2) is 7.67. The molecule has 1 saturated heterocycles. The maximum absolute atomic E-state index is 5.31. The lowest BCUT2D eigenvalue weighted by Crippen LogP contribution is -2.60. The Bertz CT molecular complexity index is 909. The number of quaternary nitrogens is 1. The number of nitrogens with zero attached hydrogens (tertiary/aromatic N) is 2. The molecule has 1 aromatic heterocycles. The zero-order valence-corrected chi connectivity index (χ0v) is 16.2. The van der Waals surface area contributed by atoms with Gasteiger partial charge in [-0.25, -0.2) is 0 Å². The number of pyridine rings is 1. The molecule has 1 fully saturated rings. The second-order valence-electron chi connectivity index (χ2n) is 7.35. The summed E-state index contributed by atoms with van der Waals surface area (Å²) in [7, 11) is 1.70. The highest BCUT2D eigenvalue weighted by Crippen LogP contribution is 2.34. The molecule has 0 atom stereocenters. The lowest BCUT2D eigenvalue weighted by atomic mass is 10.0. The van der Waals surface area contributed by atoms with Crippen LogP contribution in [0.25, 0.3) is 22.0 Å². The first-order chi connectivity index (χ1) is 13.3. The van der Waals surface area contributed by atoms with Gasteiger partial charge in [0.05, 0.1) is 37.8 Å². The van der Waals surface area contributed by atoms with Crippen molar-refractivity contribution in [3.8, 4) is 17.0 Å². The molecule has 1 N–H and O–H groups in total. The summed E-state index contributed by atoms with van der Waals surface area (Å²) in [5.74, 6) is 2.10. The van der Waals surface area contributed by atoms with Crippen LogP contribution in [0.5, 0.6) is 5.75 Å². The largest absolute Gasteiger partial charge is 0.497 e. The third kappa shape index (κ3) is 3.43. The van der Waals surface area contributed by atoms with Crippen LogP contribution in [-0.4, -0.2) is 44.8 Å². The molecule has 1 aliphatic rings. The first-order valence-corrected chi connectivity index (χ1v) is 9.87. The zero-order valence-electron chi connectivity index (χ0n) is 16.2. The normalized spacial score (nSPS) is 16.4. The van der Waals surface area contributed by atoms with E-state index in [9.17, 15) is 0 Å². The number of hydrogen-bond donors (Lipinski definition) is 1. The molecule has 0 amide bonds. The molecular weight excluding hydrogens is 334 g/mol. The van der Waals surface area contributed by atoms with E-state index in [-0.39, 0.29) is 0 Å². The standard InChI is InChI=1S/C23H28N3O/c1-3-14-26(15-12-24-13-16-26)23-21-7-5-4-6-19(21)17-22(25-23)18-8-10-20(27-2)11-9-18/h4-11,17,24H,3,12-16H2,1-2H3/q+1. The van der Waals surface area contributed by atoms with Crippen molar-refractivity contribution in [2.45, 2.75) is 13.3 Å². The average Bonchev–Trinajstić information content (AvgIpc) is 2.74. The Labute approximate surface area is 161 Å². The van der Waals surface area contributed by atoms with Gasteiger partial charge in [0.1, 0.15) is 5.75 Å². The van der Waals surface area contributed by atoms with Gasteiger partial charge >= 0.3 is 0 Å². The minimum absolute atomic E-state index is 0.872. The molecule has 1 aliphatic heterocycles. The number of hydrogen-bond acceptors (Lipinski definition) is 3. The SMILES string of the molecule is CCC[N+]1(c2nc(-c3ccc(OC)cc3)cc3ccccc23)CCNCC1. The van der Waals surface area contributed by atoms with Crippen LogP contribution in [0.3, 0.4) is 0 Å². The third-order valence-electron chi connectivity index (χ3n) is 5.64. The van der Waals surface area contributed by atoms with Crippen molar-refractivity contribution in [1.29, 1.82) is 0 Å². The van der Waals surface area contributed by atoms with E-state index < -0.39 is 0 Å². The van der Waals surface area contributed by atoms with Crippen LogP contribution in [-0.2, 0) is 0 Å². The van der Waals surface area contributed by atoms with Crippen molar-refractivity contribution in [3.63, 3.8) is 0 Å². The quantitative estimate of drug-likeness (QED) is 0.690. The highest BCUT2D eigenvalue weighted by Gasteiger charge is 2.35. The van der Waals surface area contributed by atoms with Gasteiger partial charge in [-0.2, -0.15) is 4.98 Å². The van der Waals surface area contributed by atoms with Gasteiger partial charge in [-0.05, 0) is 48.2 Å². The second-order valence-corrected chi connectivity index (χ2v) is 7.35. The summed E-state index contributed by atoms with van der Waals surface area (Å²) >= 11 is 0. The van der Waals surface area contributed by atoms with E-state index in [1.54, 1.807) is 7.11 Å².